The van der Waals surface area contributed by atoms with E-state index in [1.165, 1.54) is 41.1 Å². The SMILES string of the molecule is CC(C)CN1CCC(NCc2ccc(Br)s2)CC1. The summed E-state index contributed by atoms with van der Waals surface area (Å²) in [5, 5.41) is 3.69. The molecule has 0 aromatic carbocycles. The molecule has 1 aromatic heterocycles. The molecule has 1 aliphatic rings. The maximum atomic E-state index is 3.69. The number of thiophene rings is 1. The van der Waals surface area contributed by atoms with Crippen LogP contribution < -0.4 is 5.32 Å². The van der Waals surface area contributed by atoms with Crippen LogP contribution in [0.3, 0.4) is 0 Å². The summed E-state index contributed by atoms with van der Waals surface area (Å²) in [6, 6.07) is 5.04. The molecule has 2 heterocycles. The smallest absolute Gasteiger partial charge is 0.0701 e. The second kappa shape index (κ2) is 7.04. The molecule has 0 unspecified atom stereocenters. The van der Waals surface area contributed by atoms with Crippen LogP contribution in [-0.4, -0.2) is 30.6 Å². The second-order valence-corrected chi connectivity index (χ2v) is 8.10. The lowest BCUT2D eigenvalue weighted by molar-refractivity contribution is 0.179. The fraction of sp³-hybridized carbons (Fsp3) is 0.714. The molecule has 0 radical (unpaired) electrons. The van der Waals surface area contributed by atoms with Crippen molar-refractivity contribution in [3.05, 3.63) is 20.8 Å². The number of nitrogens with zero attached hydrogens (tertiary/aromatic N) is 1. The van der Waals surface area contributed by atoms with E-state index in [0.29, 0.717) is 6.04 Å². The Hall–Kier alpha value is 0.1000. The molecule has 2 rings (SSSR count). The van der Waals surface area contributed by atoms with E-state index in [-0.39, 0.29) is 0 Å². The van der Waals surface area contributed by atoms with Crippen molar-refractivity contribution < 1.29 is 0 Å². The van der Waals surface area contributed by atoms with Crippen LogP contribution in [0, 0.1) is 5.92 Å². The molecule has 0 amide bonds. The highest BCUT2D eigenvalue weighted by molar-refractivity contribution is 9.11. The molecule has 0 spiro atoms. The summed E-state index contributed by atoms with van der Waals surface area (Å²) in [5.74, 6) is 0.790. The second-order valence-electron chi connectivity index (χ2n) is 5.56. The Labute approximate surface area is 123 Å². The number of hydrogen-bond acceptors (Lipinski definition) is 3. The van der Waals surface area contributed by atoms with Crippen LogP contribution in [0.4, 0.5) is 0 Å². The van der Waals surface area contributed by atoms with E-state index in [2.05, 4.69) is 52.1 Å². The molecule has 1 saturated heterocycles. The van der Waals surface area contributed by atoms with Crippen molar-refractivity contribution in [2.75, 3.05) is 19.6 Å². The minimum atomic E-state index is 0.703. The average molecular weight is 331 g/mol. The fourth-order valence-corrected chi connectivity index (χ4v) is 3.96. The quantitative estimate of drug-likeness (QED) is 0.885. The van der Waals surface area contributed by atoms with Gasteiger partial charge in [0.1, 0.15) is 0 Å². The normalized spacial score (nSPS) is 18.7. The van der Waals surface area contributed by atoms with Crippen LogP contribution in [0.15, 0.2) is 15.9 Å². The van der Waals surface area contributed by atoms with Gasteiger partial charge < -0.3 is 10.2 Å². The lowest BCUT2D eigenvalue weighted by atomic mass is 10.0. The third-order valence-corrected chi connectivity index (χ3v) is 5.03. The maximum Gasteiger partial charge on any atom is 0.0701 e. The number of likely N-dealkylation sites (tertiary alicyclic amines) is 1. The van der Waals surface area contributed by atoms with Crippen molar-refractivity contribution >= 4 is 27.3 Å². The minimum Gasteiger partial charge on any atom is -0.309 e. The third-order valence-electron chi connectivity index (χ3n) is 3.40. The highest BCUT2D eigenvalue weighted by Crippen LogP contribution is 2.22. The van der Waals surface area contributed by atoms with Gasteiger partial charge in [0.15, 0.2) is 0 Å². The van der Waals surface area contributed by atoms with Gasteiger partial charge in [0.25, 0.3) is 0 Å². The van der Waals surface area contributed by atoms with E-state index in [9.17, 15) is 0 Å². The Morgan fingerprint density at radius 1 is 1.39 bits per heavy atom. The Balaban J connectivity index is 1.67. The molecule has 0 aliphatic carbocycles. The first-order valence-corrected chi connectivity index (χ1v) is 8.44. The van der Waals surface area contributed by atoms with Crippen LogP contribution in [0.25, 0.3) is 0 Å². The van der Waals surface area contributed by atoms with Crippen molar-refractivity contribution in [3.63, 3.8) is 0 Å². The summed E-state index contributed by atoms with van der Waals surface area (Å²) in [4.78, 5) is 4.02. The van der Waals surface area contributed by atoms with Crippen LogP contribution in [0.1, 0.15) is 31.6 Å². The van der Waals surface area contributed by atoms with Gasteiger partial charge in [-0.05, 0) is 59.9 Å². The maximum absolute atomic E-state index is 3.69. The molecule has 1 aliphatic heterocycles. The van der Waals surface area contributed by atoms with E-state index in [1.54, 1.807) is 0 Å². The topological polar surface area (TPSA) is 15.3 Å². The molecular weight excluding hydrogens is 308 g/mol. The average Bonchev–Trinajstić information content (AvgIpc) is 2.74. The Morgan fingerprint density at radius 3 is 2.67 bits per heavy atom. The van der Waals surface area contributed by atoms with Gasteiger partial charge in [-0.15, -0.1) is 11.3 Å². The van der Waals surface area contributed by atoms with Crippen LogP contribution in [0.2, 0.25) is 0 Å². The van der Waals surface area contributed by atoms with Gasteiger partial charge in [-0.1, -0.05) is 13.8 Å². The first-order valence-electron chi connectivity index (χ1n) is 6.83. The summed E-state index contributed by atoms with van der Waals surface area (Å²) in [7, 11) is 0. The number of halogens is 1. The number of nitrogens with one attached hydrogen (secondary N) is 1. The summed E-state index contributed by atoms with van der Waals surface area (Å²) >= 11 is 5.34. The van der Waals surface area contributed by atoms with E-state index < -0.39 is 0 Å². The highest BCUT2D eigenvalue weighted by Gasteiger charge is 2.19. The van der Waals surface area contributed by atoms with Gasteiger partial charge in [-0.3, -0.25) is 0 Å². The molecule has 1 N–H and O–H groups in total. The number of hydrogen-bond donors (Lipinski definition) is 1. The van der Waals surface area contributed by atoms with Crippen molar-refractivity contribution in [2.45, 2.75) is 39.3 Å². The molecular formula is C14H23BrN2S. The van der Waals surface area contributed by atoms with Crippen molar-refractivity contribution in [2.24, 2.45) is 5.92 Å². The van der Waals surface area contributed by atoms with Gasteiger partial charge in [0.2, 0.25) is 0 Å². The monoisotopic (exact) mass is 330 g/mol. The minimum absolute atomic E-state index is 0.703. The third kappa shape index (κ3) is 4.65. The number of rotatable bonds is 5. The summed E-state index contributed by atoms with van der Waals surface area (Å²) in [6.07, 6.45) is 2.58. The molecule has 102 valence electrons. The molecule has 18 heavy (non-hydrogen) atoms. The molecule has 1 fully saturated rings. The van der Waals surface area contributed by atoms with Gasteiger partial charge in [0.05, 0.1) is 3.79 Å². The predicted molar refractivity (Wildman–Crippen MR) is 83.2 cm³/mol. The van der Waals surface area contributed by atoms with E-state index >= 15 is 0 Å². The van der Waals surface area contributed by atoms with Crippen LogP contribution in [0.5, 0.6) is 0 Å². The highest BCUT2D eigenvalue weighted by atomic mass is 79.9. The molecule has 0 atom stereocenters. The zero-order chi connectivity index (χ0) is 13.0. The molecule has 0 bridgehead atoms. The molecule has 0 saturated carbocycles. The first kappa shape index (κ1) is 14.5. The summed E-state index contributed by atoms with van der Waals surface area (Å²) < 4.78 is 1.23. The van der Waals surface area contributed by atoms with Gasteiger partial charge in [-0.2, -0.15) is 0 Å². The fourth-order valence-electron chi connectivity index (χ4n) is 2.53. The molecule has 1 aromatic rings. The Kier molecular flexibility index (Phi) is 5.67. The van der Waals surface area contributed by atoms with Gasteiger partial charge in [-0.25, -0.2) is 0 Å². The van der Waals surface area contributed by atoms with Crippen molar-refractivity contribution in [1.29, 1.82) is 0 Å². The Bertz CT molecular complexity index is 356. The van der Waals surface area contributed by atoms with E-state index in [0.717, 1.165) is 12.5 Å². The predicted octanol–water partition coefficient (Wildman–Crippen LogP) is 3.72. The Morgan fingerprint density at radius 2 is 2.11 bits per heavy atom. The number of piperidine rings is 1. The van der Waals surface area contributed by atoms with Gasteiger partial charge >= 0.3 is 0 Å². The first-order chi connectivity index (χ1) is 8.63. The largest absolute Gasteiger partial charge is 0.309 e. The van der Waals surface area contributed by atoms with Crippen molar-refractivity contribution in [3.8, 4) is 0 Å². The molecule has 2 nitrogen and oxygen atoms in total. The van der Waals surface area contributed by atoms with Crippen molar-refractivity contribution in [1.82, 2.24) is 10.2 Å². The van der Waals surface area contributed by atoms with Crippen LogP contribution in [-0.2, 0) is 6.54 Å². The summed E-state index contributed by atoms with van der Waals surface area (Å²) in [5.41, 5.74) is 0. The molecule has 4 heteroatoms. The zero-order valence-corrected chi connectivity index (χ0v) is 13.7. The standard InChI is InChI=1S/C14H23BrN2S/c1-11(2)10-17-7-5-12(6-8-17)16-9-13-3-4-14(15)18-13/h3-4,11-12,16H,5-10H2,1-2H3. The van der Waals surface area contributed by atoms with E-state index in [1.807, 2.05) is 11.3 Å². The summed E-state index contributed by atoms with van der Waals surface area (Å²) in [6.45, 7) is 9.39. The lowest BCUT2D eigenvalue weighted by Gasteiger charge is -2.33. The van der Waals surface area contributed by atoms with Gasteiger partial charge in [0, 0.05) is 24.0 Å². The lowest BCUT2D eigenvalue weighted by Crippen LogP contribution is -2.43. The van der Waals surface area contributed by atoms with Crippen LogP contribution >= 0.6 is 27.3 Å². The van der Waals surface area contributed by atoms with E-state index in [4.69, 9.17) is 0 Å². The zero-order valence-electron chi connectivity index (χ0n) is 11.3.